The molecular weight excluding hydrogens is 381 g/mol. The van der Waals surface area contributed by atoms with Crippen molar-refractivity contribution in [1.29, 1.82) is 0 Å². The molecule has 0 atom stereocenters. The number of carbonyl (C=O) groups is 1. The standard InChI is InChI=1S/C21H15F3N4O/c22-21(23,24)13-3-1-4-14(11-13)27-15-5-2-6-16(12-15)28-20(29)18-8-10-26-19-17(18)7-9-25-19/h1-12,27H,(H,25,26)(H,28,29). The maximum absolute atomic E-state index is 12.9. The first-order valence-electron chi connectivity index (χ1n) is 8.68. The molecular formula is C21H15F3N4O. The Kier molecular flexibility index (Phi) is 4.67. The maximum Gasteiger partial charge on any atom is 0.416 e. The number of aromatic amines is 1. The molecule has 4 aromatic rings. The van der Waals surface area contributed by atoms with Gasteiger partial charge in [0.25, 0.3) is 5.91 Å². The van der Waals surface area contributed by atoms with Crippen molar-refractivity contribution in [1.82, 2.24) is 9.97 Å². The molecule has 0 saturated carbocycles. The van der Waals surface area contributed by atoms with E-state index < -0.39 is 11.7 Å². The van der Waals surface area contributed by atoms with Crippen LogP contribution in [0.5, 0.6) is 0 Å². The molecule has 5 nitrogen and oxygen atoms in total. The zero-order valence-corrected chi connectivity index (χ0v) is 14.9. The van der Waals surface area contributed by atoms with Crippen molar-refractivity contribution in [3.05, 3.63) is 84.2 Å². The molecule has 0 bridgehead atoms. The Bertz CT molecular complexity index is 1180. The number of hydrogen-bond acceptors (Lipinski definition) is 3. The minimum absolute atomic E-state index is 0.298. The summed E-state index contributed by atoms with van der Waals surface area (Å²) in [6.07, 6.45) is -1.17. The van der Waals surface area contributed by atoms with E-state index in [1.165, 1.54) is 6.07 Å². The number of nitrogens with one attached hydrogen (secondary N) is 3. The quantitative estimate of drug-likeness (QED) is 0.422. The molecule has 2 aromatic heterocycles. The summed E-state index contributed by atoms with van der Waals surface area (Å²) in [7, 11) is 0. The zero-order valence-electron chi connectivity index (χ0n) is 14.9. The van der Waals surface area contributed by atoms with Gasteiger partial charge in [0.15, 0.2) is 0 Å². The average Bonchev–Trinajstić information content (AvgIpc) is 3.16. The number of amides is 1. The van der Waals surface area contributed by atoms with Gasteiger partial charge in [-0.25, -0.2) is 4.98 Å². The van der Waals surface area contributed by atoms with E-state index >= 15 is 0 Å². The Morgan fingerprint density at radius 2 is 1.66 bits per heavy atom. The number of alkyl halides is 3. The lowest BCUT2D eigenvalue weighted by atomic mass is 10.1. The Hall–Kier alpha value is -3.81. The van der Waals surface area contributed by atoms with Gasteiger partial charge in [-0.2, -0.15) is 13.2 Å². The van der Waals surface area contributed by atoms with Crippen molar-refractivity contribution in [2.75, 3.05) is 10.6 Å². The SMILES string of the molecule is O=C(Nc1cccc(Nc2cccc(C(F)(F)F)c2)c1)c1ccnc2[nH]ccc12. The van der Waals surface area contributed by atoms with E-state index in [9.17, 15) is 18.0 Å². The summed E-state index contributed by atoms with van der Waals surface area (Å²) in [5.41, 5.74) is 1.69. The summed E-state index contributed by atoms with van der Waals surface area (Å²) in [6.45, 7) is 0. The fraction of sp³-hybridized carbons (Fsp3) is 0.0476. The monoisotopic (exact) mass is 396 g/mol. The molecule has 3 N–H and O–H groups in total. The number of nitrogens with zero attached hydrogens (tertiary/aromatic N) is 1. The predicted molar refractivity (Wildman–Crippen MR) is 105 cm³/mol. The predicted octanol–water partition coefficient (Wildman–Crippen LogP) is 5.58. The highest BCUT2D eigenvalue weighted by molar-refractivity contribution is 6.12. The number of carbonyl (C=O) groups excluding carboxylic acids is 1. The van der Waals surface area contributed by atoms with Crippen LogP contribution in [0.4, 0.5) is 30.2 Å². The van der Waals surface area contributed by atoms with E-state index in [4.69, 9.17) is 0 Å². The largest absolute Gasteiger partial charge is 0.416 e. The van der Waals surface area contributed by atoms with E-state index in [2.05, 4.69) is 20.6 Å². The van der Waals surface area contributed by atoms with Gasteiger partial charge in [0.05, 0.1) is 11.1 Å². The third kappa shape index (κ3) is 4.06. The number of rotatable bonds is 4. The van der Waals surface area contributed by atoms with Gasteiger partial charge >= 0.3 is 6.18 Å². The van der Waals surface area contributed by atoms with Crippen molar-refractivity contribution in [2.45, 2.75) is 6.18 Å². The summed E-state index contributed by atoms with van der Waals surface area (Å²) < 4.78 is 38.6. The first kappa shape index (κ1) is 18.5. The Morgan fingerprint density at radius 1 is 0.931 bits per heavy atom. The van der Waals surface area contributed by atoms with Crippen LogP contribution in [0.25, 0.3) is 11.0 Å². The first-order chi connectivity index (χ1) is 13.9. The number of benzene rings is 2. The van der Waals surface area contributed by atoms with Crippen LogP contribution in [0.2, 0.25) is 0 Å². The molecule has 2 heterocycles. The van der Waals surface area contributed by atoms with Gasteiger partial charge in [0.1, 0.15) is 5.65 Å². The summed E-state index contributed by atoms with van der Waals surface area (Å²) in [4.78, 5) is 19.8. The highest BCUT2D eigenvalue weighted by Crippen LogP contribution is 2.31. The van der Waals surface area contributed by atoms with Crippen molar-refractivity contribution in [3.8, 4) is 0 Å². The van der Waals surface area contributed by atoms with E-state index in [0.717, 1.165) is 12.1 Å². The number of anilines is 3. The first-order valence-corrected chi connectivity index (χ1v) is 8.68. The lowest BCUT2D eigenvalue weighted by Gasteiger charge is -2.12. The normalized spacial score (nSPS) is 11.4. The van der Waals surface area contributed by atoms with Gasteiger partial charge in [-0.1, -0.05) is 12.1 Å². The lowest BCUT2D eigenvalue weighted by Crippen LogP contribution is -2.12. The van der Waals surface area contributed by atoms with E-state index in [0.29, 0.717) is 33.7 Å². The molecule has 29 heavy (non-hydrogen) atoms. The van der Waals surface area contributed by atoms with Crippen molar-refractivity contribution in [3.63, 3.8) is 0 Å². The zero-order chi connectivity index (χ0) is 20.4. The van der Waals surface area contributed by atoms with E-state index in [1.54, 1.807) is 54.9 Å². The molecule has 0 aliphatic rings. The summed E-state index contributed by atoms with van der Waals surface area (Å²) >= 11 is 0. The van der Waals surface area contributed by atoms with Crippen molar-refractivity contribution < 1.29 is 18.0 Å². The summed E-state index contributed by atoms with van der Waals surface area (Å²) in [5.74, 6) is -0.312. The van der Waals surface area contributed by atoms with Gasteiger partial charge in [-0.05, 0) is 48.5 Å². The third-order valence-electron chi connectivity index (χ3n) is 4.30. The Balaban J connectivity index is 1.53. The highest BCUT2D eigenvalue weighted by atomic mass is 19.4. The smallest absolute Gasteiger partial charge is 0.355 e. The Morgan fingerprint density at radius 3 is 2.45 bits per heavy atom. The molecule has 1 amide bonds. The molecule has 4 rings (SSSR count). The van der Waals surface area contributed by atoms with Crippen LogP contribution in [-0.2, 0) is 6.18 Å². The van der Waals surface area contributed by atoms with Gasteiger partial charge < -0.3 is 15.6 Å². The van der Waals surface area contributed by atoms with Gasteiger partial charge in [0.2, 0.25) is 0 Å². The van der Waals surface area contributed by atoms with E-state index in [-0.39, 0.29) is 5.91 Å². The van der Waals surface area contributed by atoms with Crippen LogP contribution in [-0.4, -0.2) is 15.9 Å². The van der Waals surface area contributed by atoms with Gasteiger partial charge in [0, 0.05) is 34.8 Å². The van der Waals surface area contributed by atoms with Crippen LogP contribution in [0.3, 0.4) is 0 Å². The second-order valence-corrected chi connectivity index (χ2v) is 6.34. The number of H-pyrrole nitrogens is 1. The molecule has 2 aromatic carbocycles. The van der Waals surface area contributed by atoms with E-state index in [1.807, 2.05) is 0 Å². The molecule has 0 unspecified atom stereocenters. The summed E-state index contributed by atoms with van der Waals surface area (Å²) in [5, 5.41) is 6.43. The van der Waals surface area contributed by atoms with Gasteiger partial charge in [-0.15, -0.1) is 0 Å². The van der Waals surface area contributed by atoms with Crippen LogP contribution < -0.4 is 10.6 Å². The highest BCUT2D eigenvalue weighted by Gasteiger charge is 2.30. The number of halogens is 3. The lowest BCUT2D eigenvalue weighted by molar-refractivity contribution is -0.137. The Labute approximate surface area is 163 Å². The van der Waals surface area contributed by atoms with Crippen molar-refractivity contribution >= 4 is 34.0 Å². The molecule has 0 aliphatic carbocycles. The molecule has 0 aliphatic heterocycles. The van der Waals surface area contributed by atoms with Crippen LogP contribution in [0, 0.1) is 0 Å². The molecule has 146 valence electrons. The van der Waals surface area contributed by atoms with Gasteiger partial charge in [-0.3, -0.25) is 4.79 Å². The topological polar surface area (TPSA) is 69.8 Å². The number of fused-ring (bicyclic) bond motifs is 1. The van der Waals surface area contributed by atoms with Crippen LogP contribution >= 0.6 is 0 Å². The third-order valence-corrected chi connectivity index (χ3v) is 4.30. The van der Waals surface area contributed by atoms with Crippen LogP contribution in [0.15, 0.2) is 73.1 Å². The average molecular weight is 396 g/mol. The van der Waals surface area contributed by atoms with Crippen LogP contribution in [0.1, 0.15) is 15.9 Å². The number of hydrogen-bond donors (Lipinski definition) is 3. The number of pyridine rings is 1. The summed E-state index contributed by atoms with van der Waals surface area (Å²) in [6, 6.07) is 15.1. The minimum Gasteiger partial charge on any atom is -0.355 e. The second kappa shape index (κ2) is 7.31. The molecule has 0 radical (unpaired) electrons. The minimum atomic E-state index is -4.42. The molecule has 0 spiro atoms. The maximum atomic E-state index is 12.9. The molecule has 8 heteroatoms. The van der Waals surface area contributed by atoms with Crippen molar-refractivity contribution in [2.24, 2.45) is 0 Å². The molecule has 0 fully saturated rings. The second-order valence-electron chi connectivity index (χ2n) is 6.34. The number of aromatic nitrogens is 2. The fourth-order valence-corrected chi connectivity index (χ4v) is 2.97. The molecule has 0 saturated heterocycles. The fourth-order valence-electron chi connectivity index (χ4n) is 2.97.